The normalized spacial score (nSPS) is 14.9. The topological polar surface area (TPSA) is 52.5 Å². The number of rotatable bonds is 5. The molecule has 1 aromatic rings. The molecule has 1 rings (SSSR count). The summed E-state index contributed by atoms with van der Waals surface area (Å²) in [7, 11) is 1.87. The van der Waals surface area contributed by atoms with Crippen molar-refractivity contribution in [1.82, 2.24) is 5.32 Å². The van der Waals surface area contributed by atoms with Gasteiger partial charge in [-0.05, 0) is 18.2 Å². The van der Waals surface area contributed by atoms with Crippen molar-refractivity contribution in [2.24, 2.45) is 0 Å². The Morgan fingerprint density at radius 2 is 2.13 bits per heavy atom. The van der Waals surface area contributed by atoms with Gasteiger partial charge in [0.1, 0.15) is 6.10 Å². The molecule has 3 nitrogen and oxygen atoms in total. The van der Waals surface area contributed by atoms with Gasteiger partial charge < -0.3 is 15.5 Å². The summed E-state index contributed by atoms with van der Waals surface area (Å²) in [6, 6.07) is 7.53. The third-order valence-corrected chi connectivity index (χ3v) is 2.60. The molecular weight excluding hydrogens is 210 g/mol. The third kappa shape index (κ3) is 3.50. The summed E-state index contributed by atoms with van der Waals surface area (Å²) < 4.78 is 0. The average molecular weight is 227 g/mol. The van der Waals surface area contributed by atoms with Gasteiger partial charge in [-0.25, -0.2) is 0 Å². The highest BCUT2D eigenvalue weighted by Gasteiger charge is 2.16. The van der Waals surface area contributed by atoms with Gasteiger partial charge in [0, 0.05) is 12.3 Å². The standard InChI is InChI=1S/C11H17NO2S/c1-12-6-8-3-2-4-9(5-8)11(14)10(13)7-15/h2-5,10-15H,6-7H2,1H3. The number of thiol groups is 1. The van der Waals surface area contributed by atoms with Gasteiger partial charge in [0.2, 0.25) is 0 Å². The first-order valence-electron chi connectivity index (χ1n) is 4.89. The van der Waals surface area contributed by atoms with Crippen molar-refractivity contribution in [2.75, 3.05) is 12.8 Å². The first-order valence-corrected chi connectivity index (χ1v) is 5.52. The maximum absolute atomic E-state index is 9.76. The smallest absolute Gasteiger partial charge is 0.106 e. The van der Waals surface area contributed by atoms with E-state index < -0.39 is 12.2 Å². The van der Waals surface area contributed by atoms with Crippen LogP contribution in [0.4, 0.5) is 0 Å². The van der Waals surface area contributed by atoms with Crippen LogP contribution in [0, 0.1) is 0 Å². The van der Waals surface area contributed by atoms with Crippen LogP contribution in [0.3, 0.4) is 0 Å². The molecule has 2 atom stereocenters. The molecule has 2 unspecified atom stereocenters. The Morgan fingerprint density at radius 3 is 2.73 bits per heavy atom. The lowest BCUT2D eigenvalue weighted by Gasteiger charge is -2.16. The number of nitrogens with one attached hydrogen (secondary N) is 1. The summed E-state index contributed by atoms with van der Waals surface area (Å²) >= 11 is 3.95. The molecule has 0 saturated heterocycles. The molecule has 0 heterocycles. The number of aliphatic hydroxyl groups is 2. The first-order chi connectivity index (χ1) is 7.19. The van der Waals surface area contributed by atoms with E-state index in [2.05, 4.69) is 17.9 Å². The second kappa shape index (κ2) is 6.12. The maximum atomic E-state index is 9.76. The van der Waals surface area contributed by atoms with E-state index in [0.29, 0.717) is 0 Å². The van der Waals surface area contributed by atoms with Gasteiger partial charge in [0.15, 0.2) is 0 Å². The minimum atomic E-state index is -0.862. The largest absolute Gasteiger partial charge is 0.389 e. The lowest BCUT2D eigenvalue weighted by Crippen LogP contribution is -2.20. The summed E-state index contributed by atoms with van der Waals surface area (Å²) in [5, 5.41) is 22.3. The van der Waals surface area contributed by atoms with Crippen LogP contribution in [0.25, 0.3) is 0 Å². The van der Waals surface area contributed by atoms with Crippen molar-refractivity contribution in [1.29, 1.82) is 0 Å². The molecule has 3 N–H and O–H groups in total. The second-order valence-corrected chi connectivity index (χ2v) is 3.84. The Hall–Kier alpha value is -0.550. The van der Waals surface area contributed by atoms with Crippen molar-refractivity contribution in [3.8, 4) is 0 Å². The van der Waals surface area contributed by atoms with Crippen LogP contribution in [0.2, 0.25) is 0 Å². The molecule has 0 aliphatic rings. The molecule has 0 saturated carbocycles. The van der Waals surface area contributed by atoms with Crippen LogP contribution in [0.5, 0.6) is 0 Å². The van der Waals surface area contributed by atoms with Crippen molar-refractivity contribution >= 4 is 12.6 Å². The first kappa shape index (κ1) is 12.5. The van der Waals surface area contributed by atoms with Crippen LogP contribution >= 0.6 is 12.6 Å². The molecule has 4 heteroatoms. The predicted octanol–water partition coefficient (Wildman–Crippen LogP) is 0.730. The van der Waals surface area contributed by atoms with Crippen LogP contribution in [-0.4, -0.2) is 29.1 Å². The molecule has 0 spiro atoms. The van der Waals surface area contributed by atoms with Gasteiger partial charge in [0.25, 0.3) is 0 Å². The summed E-state index contributed by atoms with van der Waals surface area (Å²) in [5.74, 6) is 0.247. The molecule has 15 heavy (non-hydrogen) atoms. The Balaban J connectivity index is 2.80. The lowest BCUT2D eigenvalue weighted by molar-refractivity contribution is 0.0337. The molecule has 84 valence electrons. The monoisotopic (exact) mass is 227 g/mol. The Bertz CT molecular complexity index is 306. The maximum Gasteiger partial charge on any atom is 0.106 e. The quantitative estimate of drug-likeness (QED) is 0.561. The van der Waals surface area contributed by atoms with Crippen molar-refractivity contribution in [3.05, 3.63) is 35.4 Å². The van der Waals surface area contributed by atoms with Crippen LogP contribution in [0.1, 0.15) is 17.2 Å². The zero-order chi connectivity index (χ0) is 11.3. The number of hydrogen-bond donors (Lipinski definition) is 4. The van der Waals surface area contributed by atoms with E-state index >= 15 is 0 Å². The molecule has 0 aliphatic carbocycles. The molecule has 0 fully saturated rings. The van der Waals surface area contributed by atoms with Gasteiger partial charge in [0.05, 0.1) is 6.10 Å². The van der Waals surface area contributed by atoms with E-state index in [1.807, 2.05) is 25.2 Å². The SMILES string of the molecule is CNCc1cccc(C(O)C(O)CS)c1. The minimum absolute atomic E-state index is 0.247. The molecule has 0 aromatic heterocycles. The van der Waals surface area contributed by atoms with E-state index in [1.54, 1.807) is 6.07 Å². The number of aliphatic hydroxyl groups excluding tert-OH is 2. The molecular formula is C11H17NO2S. The molecule has 0 amide bonds. The fourth-order valence-electron chi connectivity index (χ4n) is 1.41. The van der Waals surface area contributed by atoms with Gasteiger partial charge >= 0.3 is 0 Å². The minimum Gasteiger partial charge on any atom is -0.389 e. The highest BCUT2D eigenvalue weighted by atomic mass is 32.1. The average Bonchev–Trinajstić information content (AvgIpc) is 2.28. The Kier molecular flexibility index (Phi) is 5.11. The highest BCUT2D eigenvalue weighted by Crippen LogP contribution is 2.18. The van der Waals surface area contributed by atoms with Gasteiger partial charge in [-0.3, -0.25) is 0 Å². The summed E-state index contributed by atoms with van der Waals surface area (Å²) in [5.41, 5.74) is 1.81. The van der Waals surface area contributed by atoms with Gasteiger partial charge in [-0.15, -0.1) is 0 Å². The zero-order valence-corrected chi connectivity index (χ0v) is 9.61. The van der Waals surface area contributed by atoms with Gasteiger partial charge in [-0.2, -0.15) is 12.6 Å². The second-order valence-electron chi connectivity index (χ2n) is 3.47. The summed E-state index contributed by atoms with van der Waals surface area (Å²) in [6.45, 7) is 0.748. The Labute approximate surface area is 95.5 Å². The van der Waals surface area contributed by atoms with Crippen LogP contribution in [0.15, 0.2) is 24.3 Å². The fourth-order valence-corrected chi connectivity index (χ4v) is 1.61. The van der Waals surface area contributed by atoms with Crippen LogP contribution in [-0.2, 0) is 6.54 Å². The van der Waals surface area contributed by atoms with Crippen LogP contribution < -0.4 is 5.32 Å². The zero-order valence-electron chi connectivity index (χ0n) is 8.72. The number of hydrogen-bond acceptors (Lipinski definition) is 4. The molecule has 0 bridgehead atoms. The fraction of sp³-hybridized carbons (Fsp3) is 0.455. The summed E-state index contributed by atoms with van der Waals surface area (Å²) in [6.07, 6.45) is -1.68. The molecule has 0 aliphatic heterocycles. The van der Waals surface area contributed by atoms with E-state index in [4.69, 9.17) is 0 Å². The third-order valence-electron chi connectivity index (χ3n) is 2.22. The predicted molar refractivity (Wildman–Crippen MR) is 64.0 cm³/mol. The van der Waals surface area contributed by atoms with E-state index in [9.17, 15) is 10.2 Å². The highest BCUT2D eigenvalue weighted by molar-refractivity contribution is 7.80. The van der Waals surface area contributed by atoms with Crippen molar-refractivity contribution in [3.63, 3.8) is 0 Å². The van der Waals surface area contributed by atoms with Gasteiger partial charge in [-0.1, -0.05) is 24.3 Å². The number of benzene rings is 1. The lowest BCUT2D eigenvalue weighted by atomic mass is 10.0. The van der Waals surface area contributed by atoms with E-state index in [0.717, 1.165) is 17.7 Å². The molecule has 0 radical (unpaired) electrons. The molecule has 1 aromatic carbocycles. The van der Waals surface area contributed by atoms with Crippen molar-refractivity contribution < 1.29 is 10.2 Å². The Morgan fingerprint density at radius 1 is 1.40 bits per heavy atom. The van der Waals surface area contributed by atoms with E-state index in [1.165, 1.54) is 0 Å². The summed E-state index contributed by atoms with van der Waals surface area (Å²) in [4.78, 5) is 0. The van der Waals surface area contributed by atoms with E-state index in [-0.39, 0.29) is 5.75 Å². The van der Waals surface area contributed by atoms with Crippen molar-refractivity contribution in [2.45, 2.75) is 18.8 Å².